The van der Waals surface area contributed by atoms with Crippen LogP contribution in [0.5, 0.6) is 0 Å². The minimum atomic E-state index is -0.568. The Morgan fingerprint density at radius 2 is 0.943 bits per heavy atom. The number of fused-ring (bicyclic) bond motifs is 9. The van der Waals surface area contributed by atoms with Gasteiger partial charge in [-0.05, 0) is 141 Å². The smallest absolute Gasteiger partial charge is 0.137 e. The summed E-state index contributed by atoms with van der Waals surface area (Å²) in [6.45, 7) is 0. The van der Waals surface area contributed by atoms with Gasteiger partial charge in [0.25, 0.3) is 0 Å². The van der Waals surface area contributed by atoms with Gasteiger partial charge in [0.2, 0.25) is 0 Å². The van der Waals surface area contributed by atoms with Gasteiger partial charge in [0.05, 0.1) is 16.5 Å². The van der Waals surface area contributed by atoms with Gasteiger partial charge in [-0.25, -0.2) is 0 Å². The molecular weight excluding hydrogens is 851 g/mol. The molecule has 0 amide bonds. The molecule has 70 heavy (non-hydrogen) atoms. The average Bonchev–Trinajstić information content (AvgIpc) is 4.10. The van der Waals surface area contributed by atoms with E-state index in [0.29, 0.717) is 5.92 Å². The third kappa shape index (κ3) is 6.34. The largest absolute Gasteiger partial charge is 0.456 e. The normalized spacial score (nSPS) is 14.3. The van der Waals surface area contributed by atoms with Gasteiger partial charge in [-0.2, -0.15) is 0 Å². The number of anilines is 3. The highest BCUT2D eigenvalue weighted by Crippen LogP contribution is 2.57. The number of benzene rings is 10. The van der Waals surface area contributed by atoms with E-state index in [9.17, 15) is 0 Å². The molecule has 2 aromatic heterocycles. The van der Waals surface area contributed by atoms with Gasteiger partial charge in [0.1, 0.15) is 22.3 Å². The summed E-state index contributed by atoms with van der Waals surface area (Å²) in [5.74, 6) is 0.667. The molecule has 10 aromatic carbocycles. The summed E-state index contributed by atoms with van der Waals surface area (Å²) < 4.78 is 13.5. The van der Waals surface area contributed by atoms with Crippen molar-refractivity contribution in [2.24, 2.45) is 0 Å². The lowest BCUT2D eigenvalue weighted by Crippen LogP contribution is -2.28. The van der Waals surface area contributed by atoms with E-state index in [2.05, 4.69) is 235 Å². The average molecular weight is 900 g/mol. The van der Waals surface area contributed by atoms with Crippen LogP contribution in [0.15, 0.2) is 239 Å². The van der Waals surface area contributed by atoms with E-state index in [1.54, 1.807) is 0 Å². The molecule has 334 valence electrons. The topological polar surface area (TPSA) is 29.5 Å². The second-order valence-corrected chi connectivity index (χ2v) is 19.3. The Morgan fingerprint density at radius 3 is 1.69 bits per heavy atom. The van der Waals surface area contributed by atoms with Crippen molar-refractivity contribution in [2.45, 2.75) is 43.4 Å². The predicted octanol–water partition coefficient (Wildman–Crippen LogP) is 18.7. The van der Waals surface area contributed by atoms with Gasteiger partial charge in [-0.3, -0.25) is 0 Å². The van der Waals surface area contributed by atoms with Crippen LogP contribution < -0.4 is 4.90 Å². The van der Waals surface area contributed by atoms with Crippen molar-refractivity contribution in [1.82, 2.24) is 0 Å². The SMILES string of the molecule is c1ccc(-c2cccc3oc4ccc(N(c5cccc(C6(c7ccccc7)c7ccccc7-c7ccccc76)c5)c5cccc6oc7ccc(-c8ccc(C9CCCCC9)cc8)cc7c56)cc4c23)cc1. The standard InChI is InChI=1S/C67H49NO2/c1-4-17-44(18-5-1)45-33-35-46(36-34-45)48-37-39-61-56(41-48)66-60(30-16-32-64(66)70-61)68(52-38-40-62-57(43-52)65-53(27-15-31-63(65)69-62)47-19-6-2-7-20-47)51-24-14-23-50(42-51)67(49-21-8-3-9-22-49)58-28-12-10-25-54(58)55-26-11-13-29-59(55)67/h2-3,6-16,19-44H,1,4-5,17-18H2. The van der Waals surface area contributed by atoms with E-state index < -0.39 is 5.41 Å². The van der Waals surface area contributed by atoms with E-state index >= 15 is 0 Å². The maximum atomic E-state index is 6.80. The zero-order valence-electron chi connectivity index (χ0n) is 38.8. The first kappa shape index (κ1) is 40.6. The summed E-state index contributed by atoms with van der Waals surface area (Å²) in [5.41, 5.74) is 19.7. The first-order valence-electron chi connectivity index (χ1n) is 24.9. The lowest BCUT2D eigenvalue weighted by molar-refractivity contribution is 0.443. The molecule has 0 radical (unpaired) electrons. The van der Waals surface area contributed by atoms with Gasteiger partial charge in [0, 0.05) is 27.5 Å². The number of rotatable bonds is 8. The summed E-state index contributed by atoms with van der Waals surface area (Å²) in [5, 5.41) is 4.32. The summed E-state index contributed by atoms with van der Waals surface area (Å²) in [6.07, 6.45) is 6.61. The van der Waals surface area contributed by atoms with Gasteiger partial charge < -0.3 is 13.7 Å². The van der Waals surface area contributed by atoms with Crippen molar-refractivity contribution in [3.63, 3.8) is 0 Å². The Kier molecular flexibility index (Phi) is 9.52. The number of nitrogens with zero attached hydrogens (tertiary/aromatic N) is 1. The Bertz CT molecular complexity index is 3880. The van der Waals surface area contributed by atoms with E-state index in [1.807, 2.05) is 0 Å². The molecule has 0 aliphatic heterocycles. The van der Waals surface area contributed by atoms with Gasteiger partial charge in [-0.15, -0.1) is 0 Å². The van der Waals surface area contributed by atoms with Crippen LogP contribution in [0.3, 0.4) is 0 Å². The Hall–Kier alpha value is -8.40. The van der Waals surface area contributed by atoms with Crippen molar-refractivity contribution in [3.8, 4) is 33.4 Å². The number of hydrogen-bond donors (Lipinski definition) is 0. The molecule has 0 unspecified atom stereocenters. The molecule has 1 fully saturated rings. The molecule has 2 aliphatic rings. The molecule has 2 heterocycles. The Labute approximate surface area is 407 Å². The van der Waals surface area contributed by atoms with Gasteiger partial charge >= 0.3 is 0 Å². The molecule has 14 rings (SSSR count). The van der Waals surface area contributed by atoms with Crippen LogP contribution in [-0.4, -0.2) is 0 Å². The zero-order valence-corrected chi connectivity index (χ0v) is 38.8. The van der Waals surface area contributed by atoms with Crippen molar-refractivity contribution in [3.05, 3.63) is 258 Å². The first-order chi connectivity index (χ1) is 34.7. The van der Waals surface area contributed by atoms with Crippen LogP contribution in [0.25, 0.3) is 77.3 Å². The molecule has 2 aliphatic carbocycles. The predicted molar refractivity (Wildman–Crippen MR) is 290 cm³/mol. The zero-order chi connectivity index (χ0) is 46.2. The summed E-state index contributed by atoms with van der Waals surface area (Å²) in [4.78, 5) is 2.45. The number of hydrogen-bond acceptors (Lipinski definition) is 3. The van der Waals surface area contributed by atoms with Crippen LogP contribution in [0.4, 0.5) is 17.1 Å². The minimum Gasteiger partial charge on any atom is -0.456 e. The molecule has 3 heteroatoms. The second kappa shape index (κ2) is 16.4. The molecule has 0 bridgehead atoms. The maximum absolute atomic E-state index is 6.80. The van der Waals surface area contributed by atoms with Crippen LogP contribution >= 0.6 is 0 Å². The third-order valence-electron chi connectivity index (χ3n) is 15.6. The molecule has 0 saturated heterocycles. The first-order valence-corrected chi connectivity index (χ1v) is 24.9. The van der Waals surface area contributed by atoms with Crippen LogP contribution in [0, 0.1) is 0 Å². The van der Waals surface area contributed by atoms with Crippen LogP contribution in [0.2, 0.25) is 0 Å². The fourth-order valence-electron chi connectivity index (χ4n) is 12.4. The second-order valence-electron chi connectivity index (χ2n) is 19.3. The molecule has 1 saturated carbocycles. The molecule has 12 aromatic rings. The quantitative estimate of drug-likeness (QED) is 0.152. The van der Waals surface area contributed by atoms with E-state index in [1.165, 1.54) is 82.2 Å². The van der Waals surface area contributed by atoms with Gasteiger partial charge in [0.15, 0.2) is 0 Å². The summed E-state index contributed by atoms with van der Waals surface area (Å²) in [7, 11) is 0. The molecule has 3 nitrogen and oxygen atoms in total. The third-order valence-corrected chi connectivity index (χ3v) is 15.6. The monoisotopic (exact) mass is 899 g/mol. The molecule has 0 spiro atoms. The Balaban J connectivity index is 1.01. The lowest BCUT2D eigenvalue weighted by Gasteiger charge is -2.35. The van der Waals surface area contributed by atoms with E-state index in [-0.39, 0.29) is 0 Å². The highest BCUT2D eigenvalue weighted by molar-refractivity contribution is 6.16. The van der Waals surface area contributed by atoms with Crippen molar-refractivity contribution in [2.75, 3.05) is 4.90 Å². The highest BCUT2D eigenvalue weighted by Gasteiger charge is 2.46. The summed E-state index contributed by atoms with van der Waals surface area (Å²) in [6, 6.07) is 84.6. The van der Waals surface area contributed by atoms with E-state index in [4.69, 9.17) is 8.83 Å². The van der Waals surface area contributed by atoms with Crippen LogP contribution in [-0.2, 0) is 5.41 Å². The highest BCUT2D eigenvalue weighted by atomic mass is 16.3. The van der Waals surface area contributed by atoms with Crippen molar-refractivity contribution in [1.29, 1.82) is 0 Å². The number of furan rings is 2. The fraction of sp³-hybridized carbons (Fsp3) is 0.104. The molecular formula is C67H49NO2. The molecule has 0 N–H and O–H groups in total. The van der Waals surface area contributed by atoms with Crippen molar-refractivity contribution < 1.29 is 8.83 Å². The van der Waals surface area contributed by atoms with Crippen LogP contribution in [0.1, 0.15) is 65.8 Å². The molecule has 0 atom stereocenters. The van der Waals surface area contributed by atoms with Gasteiger partial charge in [-0.1, -0.05) is 189 Å². The van der Waals surface area contributed by atoms with E-state index in [0.717, 1.165) is 72.1 Å². The van der Waals surface area contributed by atoms with Crippen molar-refractivity contribution >= 4 is 60.9 Å². The maximum Gasteiger partial charge on any atom is 0.137 e. The fourth-order valence-corrected chi connectivity index (χ4v) is 12.4. The summed E-state index contributed by atoms with van der Waals surface area (Å²) >= 11 is 0. The lowest BCUT2D eigenvalue weighted by atomic mass is 9.67. The minimum absolute atomic E-state index is 0.568. The Morgan fingerprint density at radius 1 is 0.371 bits per heavy atom.